The Morgan fingerprint density at radius 3 is 2.38 bits per heavy atom. The third-order valence-corrected chi connectivity index (χ3v) is 2.80. The maximum Gasteiger partial charge on any atom is 0.168 e. The quantitative estimate of drug-likeness (QED) is 0.733. The number of aryl methyl sites for hydroxylation is 2. The van der Waals surface area contributed by atoms with Gasteiger partial charge in [-0.3, -0.25) is 4.79 Å². The molecular formula is C13H16O3. The fourth-order valence-corrected chi connectivity index (χ4v) is 2.03. The summed E-state index contributed by atoms with van der Waals surface area (Å²) in [5, 5.41) is 0. The number of ketones is 1. The molecule has 0 unspecified atom stereocenters. The molecule has 3 nitrogen and oxygen atoms in total. The Kier molecular flexibility index (Phi) is 3.36. The number of Topliss-reactive ketones (excluding diaryl/α,β-unsaturated/α-hetero) is 1. The van der Waals surface area contributed by atoms with Crippen LogP contribution < -0.4 is 0 Å². The van der Waals surface area contributed by atoms with Gasteiger partial charge in [-0.2, -0.15) is 0 Å². The van der Waals surface area contributed by atoms with Gasteiger partial charge in [0.15, 0.2) is 12.1 Å². The lowest BCUT2D eigenvalue weighted by molar-refractivity contribution is -0.0407. The van der Waals surface area contributed by atoms with Gasteiger partial charge in [-0.05, 0) is 25.0 Å². The van der Waals surface area contributed by atoms with E-state index in [9.17, 15) is 4.79 Å². The molecule has 16 heavy (non-hydrogen) atoms. The molecule has 1 saturated heterocycles. The van der Waals surface area contributed by atoms with Gasteiger partial charge in [0, 0.05) is 5.56 Å². The first-order valence-electron chi connectivity index (χ1n) is 5.51. The van der Waals surface area contributed by atoms with Gasteiger partial charge in [-0.25, -0.2) is 0 Å². The molecule has 1 aliphatic rings. The molecular weight excluding hydrogens is 204 g/mol. The second kappa shape index (κ2) is 4.76. The summed E-state index contributed by atoms with van der Waals surface area (Å²) in [6.07, 6.45) is -0.0439. The van der Waals surface area contributed by atoms with E-state index >= 15 is 0 Å². The first kappa shape index (κ1) is 11.3. The number of hydrogen-bond acceptors (Lipinski definition) is 3. The number of carbonyl (C=O) groups excluding carboxylic acids is 1. The van der Waals surface area contributed by atoms with E-state index in [2.05, 4.69) is 0 Å². The highest BCUT2D eigenvalue weighted by Crippen LogP contribution is 2.18. The van der Waals surface area contributed by atoms with Crippen LogP contribution in [-0.2, 0) is 9.47 Å². The van der Waals surface area contributed by atoms with Crippen LogP contribution in [0.15, 0.2) is 18.2 Å². The van der Waals surface area contributed by atoms with Gasteiger partial charge in [-0.15, -0.1) is 0 Å². The highest BCUT2D eigenvalue weighted by molar-refractivity contribution is 5.98. The molecule has 2 rings (SSSR count). The van der Waals surface area contributed by atoms with E-state index in [-0.39, 0.29) is 12.1 Å². The largest absolute Gasteiger partial charge is 0.350 e. The van der Waals surface area contributed by atoms with Crippen molar-refractivity contribution < 1.29 is 14.3 Å². The molecule has 0 radical (unpaired) electrons. The highest BCUT2D eigenvalue weighted by atomic mass is 16.7. The average Bonchev–Trinajstić information content (AvgIpc) is 2.70. The highest BCUT2D eigenvalue weighted by Gasteiger charge is 2.22. The van der Waals surface area contributed by atoms with E-state index < -0.39 is 0 Å². The lowest BCUT2D eigenvalue weighted by atomic mass is 9.97. The van der Waals surface area contributed by atoms with E-state index in [1.165, 1.54) is 0 Å². The molecule has 1 aliphatic heterocycles. The summed E-state index contributed by atoms with van der Waals surface area (Å²) in [5.41, 5.74) is 2.84. The first-order chi connectivity index (χ1) is 7.68. The zero-order valence-corrected chi connectivity index (χ0v) is 9.66. The smallest absolute Gasteiger partial charge is 0.168 e. The summed E-state index contributed by atoms with van der Waals surface area (Å²) in [6, 6.07) is 5.87. The normalized spacial score (nSPS) is 16.6. The minimum atomic E-state index is -0.355. The van der Waals surface area contributed by atoms with Gasteiger partial charge in [0.25, 0.3) is 0 Å². The van der Waals surface area contributed by atoms with Crippen LogP contribution in [0.25, 0.3) is 0 Å². The molecule has 0 aliphatic carbocycles. The van der Waals surface area contributed by atoms with Gasteiger partial charge >= 0.3 is 0 Å². The monoisotopic (exact) mass is 220 g/mol. The second-order valence-corrected chi connectivity index (χ2v) is 4.07. The molecule has 1 fully saturated rings. The maximum absolute atomic E-state index is 12.1. The van der Waals surface area contributed by atoms with Crippen molar-refractivity contribution in [3.63, 3.8) is 0 Å². The van der Waals surface area contributed by atoms with Crippen molar-refractivity contribution in [2.45, 2.75) is 26.6 Å². The molecule has 1 aromatic rings. The predicted octanol–water partition coefficient (Wildman–Crippen LogP) is 2.25. The van der Waals surface area contributed by atoms with Crippen molar-refractivity contribution in [3.05, 3.63) is 34.9 Å². The van der Waals surface area contributed by atoms with E-state index in [1.807, 2.05) is 32.0 Å². The number of benzene rings is 1. The zero-order valence-electron chi connectivity index (χ0n) is 9.66. The Morgan fingerprint density at radius 1 is 1.25 bits per heavy atom. The van der Waals surface area contributed by atoms with Crippen LogP contribution in [0.4, 0.5) is 0 Å². The van der Waals surface area contributed by atoms with Gasteiger partial charge in [0.1, 0.15) is 0 Å². The molecule has 1 heterocycles. The van der Waals surface area contributed by atoms with Crippen molar-refractivity contribution in [1.82, 2.24) is 0 Å². The fourth-order valence-electron chi connectivity index (χ4n) is 2.03. The van der Waals surface area contributed by atoms with Crippen LogP contribution in [0.1, 0.15) is 27.9 Å². The average molecular weight is 220 g/mol. The molecule has 0 spiro atoms. The summed E-state index contributed by atoms with van der Waals surface area (Å²) < 4.78 is 10.6. The number of rotatable bonds is 3. The number of hydrogen-bond donors (Lipinski definition) is 0. The van der Waals surface area contributed by atoms with Crippen LogP contribution in [0.2, 0.25) is 0 Å². The minimum Gasteiger partial charge on any atom is -0.350 e. The third kappa shape index (κ3) is 2.31. The molecule has 0 bridgehead atoms. The van der Waals surface area contributed by atoms with Gasteiger partial charge in [0.2, 0.25) is 0 Å². The van der Waals surface area contributed by atoms with E-state index in [0.29, 0.717) is 19.6 Å². The molecule has 1 aromatic carbocycles. The van der Waals surface area contributed by atoms with Crippen molar-refractivity contribution in [2.75, 3.05) is 13.2 Å². The van der Waals surface area contributed by atoms with Gasteiger partial charge < -0.3 is 9.47 Å². The predicted molar refractivity (Wildman–Crippen MR) is 60.6 cm³/mol. The molecule has 3 heteroatoms. The number of carbonyl (C=O) groups is 1. The second-order valence-electron chi connectivity index (χ2n) is 4.07. The van der Waals surface area contributed by atoms with Crippen LogP contribution in [-0.4, -0.2) is 25.3 Å². The summed E-state index contributed by atoms with van der Waals surface area (Å²) in [6.45, 7) is 5.09. The van der Waals surface area contributed by atoms with Crippen molar-refractivity contribution >= 4 is 5.78 Å². The molecule has 0 atom stereocenters. The molecule has 0 amide bonds. The van der Waals surface area contributed by atoms with Gasteiger partial charge in [0.05, 0.1) is 19.6 Å². The molecule has 0 aromatic heterocycles. The summed E-state index contributed by atoms with van der Waals surface area (Å²) in [7, 11) is 0. The van der Waals surface area contributed by atoms with E-state index in [4.69, 9.17) is 9.47 Å². The standard InChI is InChI=1S/C13H16O3/c1-9-4-3-5-10(2)13(9)11(14)8-12-15-6-7-16-12/h3-5,12H,6-8H2,1-2H3. The molecule has 0 N–H and O–H groups in total. The zero-order chi connectivity index (χ0) is 11.5. The maximum atomic E-state index is 12.1. The van der Waals surface area contributed by atoms with Crippen molar-refractivity contribution in [1.29, 1.82) is 0 Å². The van der Waals surface area contributed by atoms with E-state index in [0.717, 1.165) is 16.7 Å². The van der Waals surface area contributed by atoms with Crippen LogP contribution in [0.3, 0.4) is 0 Å². The Balaban J connectivity index is 2.13. The lowest BCUT2D eigenvalue weighted by Crippen LogP contribution is -2.16. The lowest BCUT2D eigenvalue weighted by Gasteiger charge is -2.11. The van der Waals surface area contributed by atoms with Gasteiger partial charge in [-0.1, -0.05) is 18.2 Å². The Bertz CT molecular complexity index is 372. The minimum absolute atomic E-state index is 0.0995. The van der Waals surface area contributed by atoms with Crippen LogP contribution >= 0.6 is 0 Å². The fraction of sp³-hybridized carbons (Fsp3) is 0.462. The number of ether oxygens (including phenoxy) is 2. The molecule has 86 valence electrons. The summed E-state index contributed by atoms with van der Waals surface area (Å²) in [4.78, 5) is 12.1. The summed E-state index contributed by atoms with van der Waals surface area (Å²) in [5.74, 6) is 0.0995. The Morgan fingerprint density at radius 2 is 1.81 bits per heavy atom. The first-order valence-corrected chi connectivity index (χ1v) is 5.51. The molecule has 0 saturated carbocycles. The summed E-state index contributed by atoms with van der Waals surface area (Å²) >= 11 is 0. The van der Waals surface area contributed by atoms with Crippen molar-refractivity contribution in [2.24, 2.45) is 0 Å². The Labute approximate surface area is 95.4 Å². The van der Waals surface area contributed by atoms with Crippen LogP contribution in [0.5, 0.6) is 0 Å². The Hall–Kier alpha value is -1.19. The SMILES string of the molecule is Cc1cccc(C)c1C(=O)CC1OCCO1. The van der Waals surface area contributed by atoms with Crippen molar-refractivity contribution in [3.8, 4) is 0 Å². The van der Waals surface area contributed by atoms with E-state index in [1.54, 1.807) is 0 Å². The van der Waals surface area contributed by atoms with Crippen LogP contribution in [0, 0.1) is 13.8 Å². The third-order valence-electron chi connectivity index (χ3n) is 2.80. The topological polar surface area (TPSA) is 35.5 Å².